The van der Waals surface area contributed by atoms with Gasteiger partial charge in [-0.25, -0.2) is 4.99 Å². The van der Waals surface area contributed by atoms with E-state index < -0.39 is 0 Å². The van der Waals surface area contributed by atoms with Gasteiger partial charge in [0.25, 0.3) is 0 Å². The lowest BCUT2D eigenvalue weighted by atomic mass is 9.56. The summed E-state index contributed by atoms with van der Waals surface area (Å²) in [7, 11) is 3.77. The molecule has 0 spiro atoms. The molecular weight excluding hydrogens is 628 g/mol. The number of aliphatic hydroxyl groups excluding tert-OH is 1. The molecule has 0 aliphatic heterocycles. The van der Waals surface area contributed by atoms with Crippen LogP contribution in [0.4, 0.5) is 0 Å². The summed E-state index contributed by atoms with van der Waals surface area (Å²) in [6.07, 6.45) is 13.8. The number of nitrogens with one attached hydrogen (secondary N) is 1. The van der Waals surface area contributed by atoms with Crippen molar-refractivity contribution in [1.82, 2.24) is 5.32 Å². The third kappa shape index (κ3) is 8.93. The number of methoxy groups -OCH3 is 1. The van der Waals surface area contributed by atoms with E-state index in [9.17, 15) is 15.0 Å². The fourth-order valence-electron chi connectivity index (χ4n) is 9.37. The number of aliphatic imine (C=N–C) groups is 1. The van der Waals surface area contributed by atoms with Gasteiger partial charge >= 0.3 is 0 Å². The molecule has 274 valence electrons. The highest BCUT2D eigenvalue weighted by Crippen LogP contribution is 2.57. The van der Waals surface area contributed by atoms with Crippen molar-refractivity contribution in [1.29, 1.82) is 0 Å². The largest absolute Gasteiger partial charge is 0.504 e. The van der Waals surface area contributed by atoms with Gasteiger partial charge in [-0.15, -0.1) is 0 Å². The highest BCUT2D eigenvalue weighted by atomic mass is 16.5. The molecule has 0 saturated heterocycles. The molecule has 9 nitrogen and oxygen atoms in total. The van der Waals surface area contributed by atoms with Gasteiger partial charge < -0.3 is 36.5 Å². The Hall–Kier alpha value is -3.32. The van der Waals surface area contributed by atoms with Gasteiger partial charge in [-0.05, 0) is 118 Å². The molecule has 0 amide bonds. The van der Waals surface area contributed by atoms with Gasteiger partial charge in [0, 0.05) is 43.5 Å². The molecule has 2 saturated carbocycles. The van der Waals surface area contributed by atoms with Crippen molar-refractivity contribution in [2.24, 2.45) is 46.0 Å². The zero-order valence-electron chi connectivity index (χ0n) is 30.7. The zero-order chi connectivity index (χ0) is 35.8. The first-order valence-electron chi connectivity index (χ1n) is 19.0. The van der Waals surface area contributed by atoms with Crippen LogP contribution in [0.5, 0.6) is 11.5 Å². The number of benzene rings is 1. The van der Waals surface area contributed by atoms with Gasteiger partial charge in [0.05, 0.1) is 25.4 Å². The molecule has 7 N–H and O–H groups in total. The summed E-state index contributed by atoms with van der Waals surface area (Å²) in [6, 6.07) is 1.74. The summed E-state index contributed by atoms with van der Waals surface area (Å²) >= 11 is 0. The summed E-state index contributed by atoms with van der Waals surface area (Å²) in [6.45, 7) is 5.65. The van der Waals surface area contributed by atoms with Crippen LogP contribution >= 0.6 is 0 Å². The van der Waals surface area contributed by atoms with Crippen LogP contribution in [0.25, 0.3) is 0 Å². The molecule has 2 bridgehead atoms. The molecule has 5 rings (SSSR count). The fraction of sp³-hybridized carbons (Fsp3) is 0.659. The number of phenolic OH excluding ortho intramolecular Hbond substituents is 1. The second-order valence-electron chi connectivity index (χ2n) is 15.2. The van der Waals surface area contributed by atoms with E-state index in [1.54, 1.807) is 13.2 Å². The maximum absolute atomic E-state index is 13.3. The average molecular weight is 689 g/mol. The maximum Gasteiger partial charge on any atom is 0.186 e. The summed E-state index contributed by atoms with van der Waals surface area (Å²) in [5, 5.41) is 25.7. The first-order chi connectivity index (χ1) is 24.2. The van der Waals surface area contributed by atoms with Crippen LogP contribution in [0.15, 0.2) is 34.4 Å². The highest BCUT2D eigenvalue weighted by molar-refractivity contribution is 5.90. The minimum absolute atomic E-state index is 0.0283. The lowest BCUT2D eigenvalue weighted by molar-refractivity contribution is -0.114. The molecule has 4 aliphatic carbocycles. The van der Waals surface area contributed by atoms with Crippen LogP contribution < -0.4 is 21.5 Å². The first kappa shape index (κ1) is 37.9. The average Bonchev–Trinajstić information content (AvgIpc) is 3.59. The van der Waals surface area contributed by atoms with Crippen molar-refractivity contribution in [2.45, 2.75) is 109 Å². The number of fused-ring (bicyclic) bond motifs is 6. The van der Waals surface area contributed by atoms with E-state index >= 15 is 0 Å². The van der Waals surface area contributed by atoms with Crippen molar-refractivity contribution in [3.63, 3.8) is 0 Å². The molecule has 7 atom stereocenters. The van der Waals surface area contributed by atoms with E-state index in [-0.39, 0.29) is 66.3 Å². The van der Waals surface area contributed by atoms with E-state index in [2.05, 4.69) is 35.1 Å². The molecule has 1 aromatic carbocycles. The number of phenols is 1. The minimum Gasteiger partial charge on any atom is -0.504 e. The van der Waals surface area contributed by atoms with Gasteiger partial charge in [0.1, 0.15) is 0 Å². The fourth-order valence-corrected chi connectivity index (χ4v) is 9.37. The third-order valence-corrected chi connectivity index (χ3v) is 11.4. The molecule has 1 aromatic rings. The Kier molecular flexibility index (Phi) is 13.5. The molecule has 0 unspecified atom stereocenters. The number of rotatable bonds is 14. The molecule has 0 radical (unpaired) electrons. The number of ketones is 1. The Bertz CT molecular complexity index is 1500. The Balaban J connectivity index is 1.73. The molecule has 2 fully saturated rings. The number of carbonyl (C=O) groups excluding carboxylic acids is 1. The third-order valence-electron chi connectivity index (χ3n) is 11.4. The van der Waals surface area contributed by atoms with Crippen LogP contribution in [-0.2, 0) is 16.0 Å². The Labute approximate surface area is 299 Å². The SMILES string of the molecule is CCC/C(=C/C(=O)CCc1cc(OC2CCCC2)c(O)c2c1C#CC[C@H](N=C(N)N)C[C@H]1C=C3[C@@H](CNC)C[C@H](C)C[C@@H]3[C@@H]2[C@H]1COC)CO. The maximum atomic E-state index is 13.3. The van der Waals surface area contributed by atoms with Crippen LogP contribution in [0.2, 0.25) is 0 Å². The van der Waals surface area contributed by atoms with E-state index in [4.69, 9.17) is 20.9 Å². The lowest BCUT2D eigenvalue weighted by Crippen LogP contribution is -2.43. The number of nitrogens with two attached hydrogens (primary N) is 2. The van der Waals surface area contributed by atoms with Gasteiger partial charge in [-0.3, -0.25) is 4.79 Å². The topological polar surface area (TPSA) is 152 Å². The van der Waals surface area contributed by atoms with Gasteiger partial charge in [0.2, 0.25) is 0 Å². The summed E-state index contributed by atoms with van der Waals surface area (Å²) < 4.78 is 12.6. The number of nitrogens with zero attached hydrogens (tertiary/aromatic N) is 1. The van der Waals surface area contributed by atoms with Crippen LogP contribution in [0.3, 0.4) is 0 Å². The second-order valence-corrected chi connectivity index (χ2v) is 15.2. The minimum atomic E-state index is -0.193. The van der Waals surface area contributed by atoms with Crippen molar-refractivity contribution in [3.8, 4) is 23.3 Å². The lowest BCUT2D eigenvalue weighted by Gasteiger charge is -2.49. The van der Waals surface area contributed by atoms with E-state index in [1.807, 2.05) is 20.0 Å². The number of hydrogen-bond acceptors (Lipinski definition) is 7. The number of aryl methyl sites for hydroxylation is 1. The normalized spacial score (nSPS) is 28.1. The molecule has 9 heteroatoms. The van der Waals surface area contributed by atoms with E-state index in [0.717, 1.165) is 80.2 Å². The second kappa shape index (κ2) is 17.7. The van der Waals surface area contributed by atoms with Gasteiger partial charge in [-0.2, -0.15) is 0 Å². The number of ether oxygens (including phenoxy) is 2. The van der Waals surface area contributed by atoms with E-state index in [1.165, 1.54) is 5.57 Å². The molecule has 0 heterocycles. The molecular formula is C41H60N4O5. The Morgan fingerprint density at radius 3 is 2.64 bits per heavy atom. The first-order valence-corrected chi connectivity index (χ1v) is 19.0. The molecule has 4 aliphatic rings. The van der Waals surface area contributed by atoms with Crippen molar-refractivity contribution in [2.75, 3.05) is 33.9 Å². The molecule has 0 aromatic heterocycles. The van der Waals surface area contributed by atoms with Gasteiger partial charge in [-0.1, -0.05) is 43.8 Å². The summed E-state index contributed by atoms with van der Waals surface area (Å²) in [4.78, 5) is 17.9. The van der Waals surface area contributed by atoms with Crippen molar-refractivity contribution in [3.05, 3.63) is 46.1 Å². The number of aromatic hydroxyl groups is 1. The van der Waals surface area contributed by atoms with E-state index in [0.29, 0.717) is 43.5 Å². The number of hydrogen-bond donors (Lipinski definition) is 5. The molecule has 50 heavy (non-hydrogen) atoms. The smallest absolute Gasteiger partial charge is 0.186 e. The van der Waals surface area contributed by atoms with Crippen LogP contribution in [0.1, 0.15) is 107 Å². The van der Waals surface area contributed by atoms with Crippen LogP contribution in [-0.4, -0.2) is 68.0 Å². The zero-order valence-corrected chi connectivity index (χ0v) is 30.7. The monoisotopic (exact) mass is 688 g/mol. The number of carbonyl (C=O) groups is 1. The summed E-state index contributed by atoms with van der Waals surface area (Å²) in [5.41, 5.74) is 16.6. The number of guanidine groups is 1. The standard InChI is InChI=1S/C41H60N4O5/c1-5-9-26(23-46)18-31(47)15-14-27-21-37(50-32-11-6-7-12-32)40(48)39-33(27)13-8-10-30(45-41(42)43)19-28-20-34-29(22-44-3)16-25(2)17-35(34)38(39)36(28)24-49-4/h18,20-21,25,28-30,32,35-36,38,44,46,48H,5-7,9-12,14-17,19,22-24H2,1-4H3,(H4,42,43,45)/b26-18-/t25-,28-,29+,30-,35-,36-,38+/m0/s1. The van der Waals surface area contributed by atoms with Crippen molar-refractivity contribution >= 4 is 11.7 Å². The predicted molar refractivity (Wildman–Crippen MR) is 199 cm³/mol. The quantitative estimate of drug-likeness (QED) is 0.0565. The predicted octanol–water partition coefficient (Wildman–Crippen LogP) is 5.51. The summed E-state index contributed by atoms with van der Waals surface area (Å²) in [5.74, 6) is 8.73. The van der Waals surface area contributed by atoms with Crippen molar-refractivity contribution < 1.29 is 24.5 Å². The number of aliphatic hydroxyl groups is 1. The highest BCUT2D eigenvalue weighted by Gasteiger charge is 2.48. The Morgan fingerprint density at radius 2 is 1.96 bits per heavy atom. The number of allylic oxidation sites excluding steroid dienone is 2. The van der Waals surface area contributed by atoms with Gasteiger partial charge in [0.15, 0.2) is 23.2 Å². The van der Waals surface area contributed by atoms with Crippen LogP contribution in [0, 0.1) is 41.4 Å². The Morgan fingerprint density at radius 1 is 1.18 bits per heavy atom.